The Balaban J connectivity index is 1.77. The first-order valence-corrected chi connectivity index (χ1v) is 8.44. The van der Waals surface area contributed by atoms with Crippen molar-refractivity contribution in [1.82, 2.24) is 4.90 Å². The Kier molecular flexibility index (Phi) is 4.76. The first-order valence-electron chi connectivity index (χ1n) is 8.44. The van der Waals surface area contributed by atoms with Crippen LogP contribution in [0.1, 0.15) is 48.4 Å². The van der Waals surface area contributed by atoms with Gasteiger partial charge >= 0.3 is 0 Å². The monoisotopic (exact) mass is 318 g/mol. The molecule has 0 fully saturated rings. The lowest BCUT2D eigenvalue weighted by Crippen LogP contribution is -2.35. The fourth-order valence-corrected chi connectivity index (χ4v) is 4.10. The maximum absolute atomic E-state index is 10.9. The van der Waals surface area contributed by atoms with Crippen LogP contribution in [0.2, 0.25) is 0 Å². The summed E-state index contributed by atoms with van der Waals surface area (Å²) in [6.07, 6.45) is 5.63. The number of methoxy groups -OCH3 is 2. The molecule has 0 radical (unpaired) electrons. The largest absolute Gasteiger partial charge is 0.493 e. The lowest BCUT2D eigenvalue weighted by atomic mass is 9.92. The third-order valence-corrected chi connectivity index (χ3v) is 5.13. The Morgan fingerprint density at radius 2 is 2.13 bits per heavy atom. The molecule has 2 N–H and O–H groups in total. The van der Waals surface area contributed by atoms with E-state index in [0.717, 1.165) is 56.7 Å². The van der Waals surface area contributed by atoms with Gasteiger partial charge in [-0.2, -0.15) is 0 Å². The van der Waals surface area contributed by atoms with Crippen LogP contribution in [0.3, 0.4) is 0 Å². The second-order valence-corrected chi connectivity index (χ2v) is 6.43. The van der Waals surface area contributed by atoms with Crippen molar-refractivity contribution in [2.75, 3.05) is 27.3 Å². The molecule has 1 aliphatic heterocycles. The van der Waals surface area contributed by atoms with Gasteiger partial charge in [-0.1, -0.05) is 0 Å². The minimum absolute atomic E-state index is 0.200. The van der Waals surface area contributed by atoms with Crippen LogP contribution >= 0.6 is 0 Å². The van der Waals surface area contributed by atoms with Crippen LogP contribution in [0.15, 0.2) is 6.07 Å². The fraction of sp³-hybridized carbons (Fsp3) is 0.611. The molecular weight excluding hydrogens is 292 g/mol. The Bertz CT molecular complexity index is 600. The van der Waals surface area contributed by atoms with Crippen LogP contribution in [0, 0.1) is 0 Å². The standard InChI is InChI=1S/C18H26N2O3/c1-22-15-11-12-8-10-20(9-4-3-5-16(19)21)14-7-6-13(17(12)14)18(15)23-2/h11,14H,3-10H2,1-2H3,(H2,19,21). The van der Waals surface area contributed by atoms with Crippen molar-refractivity contribution in [2.24, 2.45) is 5.73 Å². The van der Waals surface area contributed by atoms with Crippen LogP contribution in [0.25, 0.3) is 0 Å². The van der Waals surface area contributed by atoms with Gasteiger partial charge in [-0.3, -0.25) is 9.69 Å². The van der Waals surface area contributed by atoms with Crippen LogP contribution < -0.4 is 15.2 Å². The van der Waals surface area contributed by atoms with E-state index in [1.807, 2.05) is 0 Å². The van der Waals surface area contributed by atoms with Crippen molar-refractivity contribution in [3.63, 3.8) is 0 Å². The Morgan fingerprint density at radius 1 is 1.30 bits per heavy atom. The molecule has 1 aliphatic carbocycles. The lowest BCUT2D eigenvalue weighted by Gasteiger charge is -2.35. The number of rotatable bonds is 7. The summed E-state index contributed by atoms with van der Waals surface area (Å²) in [5.41, 5.74) is 9.42. The highest BCUT2D eigenvalue weighted by atomic mass is 16.5. The molecule has 0 spiro atoms. The van der Waals surface area contributed by atoms with Gasteiger partial charge in [0.2, 0.25) is 5.91 Å². The number of nitrogens with two attached hydrogens (primary N) is 1. The predicted octanol–water partition coefficient (Wildman–Crippen LogP) is 2.20. The summed E-state index contributed by atoms with van der Waals surface area (Å²) in [5.74, 6) is 1.56. The Labute approximate surface area is 137 Å². The van der Waals surface area contributed by atoms with E-state index in [9.17, 15) is 4.79 Å². The highest BCUT2D eigenvalue weighted by molar-refractivity contribution is 5.73. The number of unbranched alkanes of at least 4 members (excludes halogenated alkanes) is 1. The van der Waals surface area contributed by atoms with Crippen LogP contribution in [0.5, 0.6) is 11.5 Å². The minimum atomic E-state index is -0.200. The molecule has 1 unspecified atom stereocenters. The number of benzene rings is 1. The molecule has 5 nitrogen and oxygen atoms in total. The summed E-state index contributed by atoms with van der Waals surface area (Å²) in [5, 5.41) is 0. The van der Waals surface area contributed by atoms with Crippen LogP contribution in [-0.2, 0) is 17.6 Å². The summed E-state index contributed by atoms with van der Waals surface area (Å²) in [6.45, 7) is 2.11. The van der Waals surface area contributed by atoms with E-state index in [-0.39, 0.29) is 5.91 Å². The Morgan fingerprint density at radius 3 is 2.83 bits per heavy atom. The number of hydrogen-bond donors (Lipinski definition) is 1. The van der Waals surface area contributed by atoms with Gasteiger partial charge in [0.25, 0.3) is 0 Å². The van der Waals surface area contributed by atoms with Gasteiger partial charge < -0.3 is 15.2 Å². The first-order chi connectivity index (χ1) is 11.2. The summed E-state index contributed by atoms with van der Waals surface area (Å²) >= 11 is 0. The summed E-state index contributed by atoms with van der Waals surface area (Å²) in [6, 6.07) is 2.64. The number of hydrogen-bond acceptors (Lipinski definition) is 4. The highest BCUT2D eigenvalue weighted by Gasteiger charge is 2.36. The van der Waals surface area contributed by atoms with Gasteiger partial charge in [-0.15, -0.1) is 0 Å². The fourth-order valence-electron chi connectivity index (χ4n) is 4.10. The molecule has 126 valence electrons. The molecule has 1 aromatic rings. The van der Waals surface area contributed by atoms with Gasteiger partial charge in [0.05, 0.1) is 14.2 Å². The minimum Gasteiger partial charge on any atom is -0.493 e. The van der Waals surface area contributed by atoms with Crippen molar-refractivity contribution in [3.8, 4) is 11.5 Å². The van der Waals surface area contributed by atoms with Crippen molar-refractivity contribution in [1.29, 1.82) is 0 Å². The topological polar surface area (TPSA) is 64.8 Å². The molecule has 1 amide bonds. The lowest BCUT2D eigenvalue weighted by molar-refractivity contribution is -0.118. The molecular formula is C18H26N2O3. The molecule has 1 heterocycles. The maximum Gasteiger partial charge on any atom is 0.217 e. The molecule has 0 saturated carbocycles. The van der Waals surface area contributed by atoms with E-state index in [1.165, 1.54) is 16.7 Å². The van der Waals surface area contributed by atoms with E-state index in [0.29, 0.717) is 12.5 Å². The molecule has 0 saturated heterocycles. The number of ether oxygens (including phenoxy) is 2. The van der Waals surface area contributed by atoms with Crippen molar-refractivity contribution >= 4 is 5.91 Å². The molecule has 5 heteroatoms. The second-order valence-electron chi connectivity index (χ2n) is 6.43. The van der Waals surface area contributed by atoms with Crippen LogP contribution in [0.4, 0.5) is 0 Å². The molecule has 1 aromatic carbocycles. The number of carbonyl (C=O) groups excluding carboxylic acids is 1. The molecule has 2 aliphatic rings. The van der Waals surface area contributed by atoms with E-state index in [2.05, 4.69) is 11.0 Å². The van der Waals surface area contributed by atoms with Gasteiger partial charge in [0.15, 0.2) is 11.5 Å². The SMILES string of the molecule is COc1cc2c3c(c1OC)CCC3N(CCCCC(N)=O)CC2. The van der Waals surface area contributed by atoms with Gasteiger partial charge in [0.1, 0.15) is 0 Å². The molecule has 23 heavy (non-hydrogen) atoms. The molecule has 3 rings (SSSR count). The predicted molar refractivity (Wildman–Crippen MR) is 88.9 cm³/mol. The van der Waals surface area contributed by atoms with Gasteiger partial charge in [-0.25, -0.2) is 0 Å². The van der Waals surface area contributed by atoms with E-state index < -0.39 is 0 Å². The average Bonchev–Trinajstić information content (AvgIpc) is 2.99. The quantitative estimate of drug-likeness (QED) is 0.783. The number of nitrogens with zero attached hydrogens (tertiary/aromatic N) is 1. The summed E-state index contributed by atoms with van der Waals surface area (Å²) in [4.78, 5) is 13.4. The third-order valence-electron chi connectivity index (χ3n) is 5.13. The molecule has 0 bridgehead atoms. The number of carbonyl (C=O) groups is 1. The number of amides is 1. The van der Waals surface area contributed by atoms with Crippen molar-refractivity contribution in [2.45, 2.75) is 44.6 Å². The van der Waals surface area contributed by atoms with Gasteiger partial charge in [-0.05, 0) is 55.8 Å². The number of primary amides is 1. The van der Waals surface area contributed by atoms with E-state index in [1.54, 1.807) is 14.2 Å². The van der Waals surface area contributed by atoms with Crippen LogP contribution in [-0.4, -0.2) is 38.1 Å². The zero-order valence-corrected chi connectivity index (χ0v) is 14.1. The zero-order valence-electron chi connectivity index (χ0n) is 14.1. The smallest absolute Gasteiger partial charge is 0.217 e. The van der Waals surface area contributed by atoms with E-state index >= 15 is 0 Å². The van der Waals surface area contributed by atoms with Crippen molar-refractivity contribution < 1.29 is 14.3 Å². The maximum atomic E-state index is 10.9. The third kappa shape index (κ3) is 3.02. The zero-order chi connectivity index (χ0) is 16.4. The second kappa shape index (κ2) is 6.79. The summed E-state index contributed by atoms with van der Waals surface area (Å²) < 4.78 is 11.1. The van der Waals surface area contributed by atoms with Gasteiger partial charge in [0, 0.05) is 24.6 Å². The van der Waals surface area contributed by atoms with Crippen molar-refractivity contribution in [3.05, 3.63) is 22.8 Å². The first kappa shape index (κ1) is 16.1. The average molecular weight is 318 g/mol. The Hall–Kier alpha value is -1.75. The molecule has 1 atom stereocenters. The molecule has 0 aromatic heterocycles. The van der Waals surface area contributed by atoms with E-state index in [4.69, 9.17) is 15.2 Å². The highest BCUT2D eigenvalue weighted by Crippen LogP contribution is 2.48. The normalized spacial score (nSPS) is 19.5. The summed E-state index contributed by atoms with van der Waals surface area (Å²) in [7, 11) is 3.43.